The van der Waals surface area contributed by atoms with Crippen LogP contribution in [0.15, 0.2) is 46.1 Å². The van der Waals surface area contributed by atoms with Crippen LogP contribution in [0, 0.1) is 5.82 Å². The number of sulfonamides is 1. The van der Waals surface area contributed by atoms with Crippen molar-refractivity contribution in [2.45, 2.75) is 4.90 Å². The van der Waals surface area contributed by atoms with Gasteiger partial charge in [-0.3, -0.25) is 14.2 Å². The summed E-state index contributed by atoms with van der Waals surface area (Å²) in [6.07, 6.45) is 0. The van der Waals surface area contributed by atoms with E-state index in [1.807, 2.05) is 0 Å². The number of hydrogen-bond acceptors (Lipinski definition) is 5. The van der Waals surface area contributed by atoms with E-state index in [9.17, 15) is 22.4 Å². The van der Waals surface area contributed by atoms with Crippen LogP contribution in [0.25, 0.3) is 16.6 Å². The minimum absolute atomic E-state index is 0.0632. The van der Waals surface area contributed by atoms with Crippen LogP contribution in [0.4, 0.5) is 4.39 Å². The molecule has 0 aliphatic carbocycles. The molecule has 9 heteroatoms. The van der Waals surface area contributed by atoms with Gasteiger partial charge < -0.3 is 0 Å². The molecule has 4 rings (SSSR count). The molecule has 2 aromatic carbocycles. The normalized spacial score (nSPS) is 13.3. The van der Waals surface area contributed by atoms with Crippen LogP contribution < -0.4 is 5.56 Å². The third-order valence-corrected chi connectivity index (χ3v) is 6.08. The maximum Gasteiger partial charge on any atom is 0.266 e. The Morgan fingerprint density at radius 1 is 1.08 bits per heavy atom. The lowest BCUT2D eigenvalue weighted by molar-refractivity contribution is 0.103. The molecule has 132 valence electrons. The smallest absolute Gasteiger partial charge is 0.266 e. The molecule has 0 saturated carbocycles. The van der Waals surface area contributed by atoms with Gasteiger partial charge in [0, 0.05) is 20.2 Å². The van der Waals surface area contributed by atoms with Gasteiger partial charge in [-0.2, -0.15) is 0 Å². The van der Waals surface area contributed by atoms with Gasteiger partial charge in [-0.15, -0.1) is 0 Å². The van der Waals surface area contributed by atoms with E-state index in [2.05, 4.69) is 4.98 Å². The first-order valence-electron chi connectivity index (χ1n) is 7.56. The third kappa shape index (κ3) is 2.14. The summed E-state index contributed by atoms with van der Waals surface area (Å²) in [4.78, 5) is 29.5. The monoisotopic (exact) mass is 373 g/mol. The van der Waals surface area contributed by atoms with Crippen molar-refractivity contribution in [2.75, 3.05) is 14.1 Å². The molecular formula is C17H12FN3O4S. The van der Waals surface area contributed by atoms with Crippen LogP contribution in [-0.4, -0.2) is 42.2 Å². The van der Waals surface area contributed by atoms with Crippen LogP contribution in [-0.2, 0) is 10.0 Å². The van der Waals surface area contributed by atoms with E-state index in [4.69, 9.17) is 0 Å². The van der Waals surface area contributed by atoms with Crippen molar-refractivity contribution in [2.24, 2.45) is 0 Å². The average molecular weight is 373 g/mol. The van der Waals surface area contributed by atoms with Crippen molar-refractivity contribution >= 4 is 26.7 Å². The molecular weight excluding hydrogens is 361 g/mol. The van der Waals surface area contributed by atoms with E-state index in [0.29, 0.717) is 0 Å². The Balaban J connectivity index is 2.02. The number of aromatic nitrogens is 2. The number of carbonyl (C=O) groups excluding carboxylic acids is 1. The van der Waals surface area contributed by atoms with Gasteiger partial charge >= 0.3 is 0 Å². The van der Waals surface area contributed by atoms with E-state index < -0.39 is 27.2 Å². The molecule has 0 fully saturated rings. The van der Waals surface area contributed by atoms with Crippen LogP contribution >= 0.6 is 0 Å². The Labute approximate surface area is 147 Å². The lowest BCUT2D eigenvalue weighted by atomic mass is 10.1. The van der Waals surface area contributed by atoms with Gasteiger partial charge in [0.1, 0.15) is 5.82 Å². The van der Waals surface area contributed by atoms with Crippen molar-refractivity contribution in [3.05, 3.63) is 64.0 Å². The Hall–Kier alpha value is -2.91. The first kappa shape index (κ1) is 16.6. The number of halogens is 1. The van der Waals surface area contributed by atoms with Crippen LogP contribution in [0.5, 0.6) is 0 Å². The molecule has 0 saturated heterocycles. The summed E-state index contributed by atoms with van der Waals surface area (Å²) in [7, 11) is -0.976. The van der Waals surface area contributed by atoms with Crippen LogP contribution in [0.2, 0.25) is 0 Å². The largest absolute Gasteiger partial charge is 0.285 e. The molecule has 7 nitrogen and oxygen atoms in total. The quantitative estimate of drug-likeness (QED) is 0.529. The van der Waals surface area contributed by atoms with Gasteiger partial charge in [0.05, 0.1) is 27.0 Å². The molecule has 0 N–H and O–H groups in total. The van der Waals surface area contributed by atoms with Gasteiger partial charge in [0.2, 0.25) is 15.8 Å². The van der Waals surface area contributed by atoms with Crippen molar-refractivity contribution < 1.29 is 17.6 Å². The molecule has 0 bridgehead atoms. The zero-order valence-electron chi connectivity index (χ0n) is 13.7. The molecule has 0 atom stereocenters. The SMILES string of the molecule is CN(C)S(=O)(=O)c1ccc2c(c1)C(=O)c1nc3cc(F)ccc3c(=O)n1-2. The van der Waals surface area contributed by atoms with Crippen LogP contribution in [0.3, 0.4) is 0 Å². The minimum atomic E-state index is -3.74. The zero-order valence-corrected chi connectivity index (χ0v) is 14.5. The van der Waals surface area contributed by atoms with Crippen molar-refractivity contribution in [1.82, 2.24) is 13.9 Å². The summed E-state index contributed by atoms with van der Waals surface area (Å²) >= 11 is 0. The van der Waals surface area contributed by atoms with Gasteiger partial charge in [-0.1, -0.05) is 0 Å². The second-order valence-electron chi connectivity index (χ2n) is 6.03. The Kier molecular flexibility index (Phi) is 3.37. The van der Waals surface area contributed by atoms with E-state index >= 15 is 0 Å². The predicted octanol–water partition coefficient (Wildman–Crippen LogP) is 1.32. The van der Waals surface area contributed by atoms with Crippen molar-refractivity contribution in [3.63, 3.8) is 0 Å². The van der Waals surface area contributed by atoms with Crippen molar-refractivity contribution in [1.29, 1.82) is 0 Å². The Morgan fingerprint density at radius 2 is 1.81 bits per heavy atom. The predicted molar refractivity (Wildman–Crippen MR) is 91.6 cm³/mol. The van der Waals surface area contributed by atoms with Gasteiger partial charge in [0.25, 0.3) is 5.56 Å². The fourth-order valence-corrected chi connectivity index (χ4v) is 3.85. The van der Waals surface area contributed by atoms with Gasteiger partial charge in [-0.05, 0) is 30.3 Å². The molecule has 0 spiro atoms. The third-order valence-electron chi connectivity index (χ3n) is 4.27. The number of benzene rings is 2. The lowest BCUT2D eigenvalue weighted by Crippen LogP contribution is -2.22. The average Bonchev–Trinajstić information content (AvgIpc) is 2.87. The zero-order chi connectivity index (χ0) is 18.8. The van der Waals surface area contributed by atoms with E-state index in [1.165, 1.54) is 38.4 Å². The Bertz CT molecular complexity index is 1280. The number of nitrogens with zero attached hydrogens (tertiary/aromatic N) is 3. The first-order valence-corrected chi connectivity index (χ1v) is 9.00. The highest BCUT2D eigenvalue weighted by Crippen LogP contribution is 2.29. The van der Waals surface area contributed by atoms with Crippen molar-refractivity contribution in [3.8, 4) is 5.69 Å². The number of ketones is 1. The van der Waals surface area contributed by atoms with E-state index in [0.717, 1.165) is 21.0 Å². The molecule has 1 aliphatic heterocycles. The molecule has 0 unspecified atom stereocenters. The number of fused-ring (bicyclic) bond motifs is 4. The standard InChI is InChI=1S/C17H12FN3O4S/c1-20(2)26(24,25)10-4-6-14-12(8-10)15(22)16-19-13-7-9(18)3-5-11(13)17(23)21(14)16/h3-8H,1-2H3. The number of hydrogen-bond donors (Lipinski definition) is 0. The first-order chi connectivity index (χ1) is 12.2. The summed E-state index contributed by atoms with van der Waals surface area (Å²) < 4.78 is 40.2. The topological polar surface area (TPSA) is 89.3 Å². The molecule has 1 aromatic heterocycles. The fraction of sp³-hybridized carbons (Fsp3) is 0.118. The summed E-state index contributed by atoms with van der Waals surface area (Å²) in [6, 6.07) is 7.49. The van der Waals surface area contributed by atoms with E-state index in [1.54, 1.807) is 0 Å². The van der Waals surface area contributed by atoms with Crippen LogP contribution in [0.1, 0.15) is 16.2 Å². The highest BCUT2D eigenvalue weighted by Gasteiger charge is 2.32. The number of carbonyl (C=O) groups is 1. The number of rotatable bonds is 2. The highest BCUT2D eigenvalue weighted by molar-refractivity contribution is 7.89. The Morgan fingerprint density at radius 3 is 2.50 bits per heavy atom. The second kappa shape index (κ2) is 5.29. The maximum atomic E-state index is 13.4. The van der Waals surface area contributed by atoms with E-state index in [-0.39, 0.29) is 32.9 Å². The maximum absolute atomic E-state index is 13.4. The summed E-state index contributed by atoms with van der Waals surface area (Å²) in [6.45, 7) is 0. The molecule has 26 heavy (non-hydrogen) atoms. The second-order valence-corrected chi connectivity index (χ2v) is 8.18. The molecule has 0 amide bonds. The molecule has 0 radical (unpaired) electrons. The molecule has 2 heterocycles. The summed E-state index contributed by atoms with van der Waals surface area (Å²) in [5.74, 6) is -1.32. The molecule has 1 aliphatic rings. The summed E-state index contributed by atoms with van der Waals surface area (Å²) in [5, 5.41) is 0.167. The summed E-state index contributed by atoms with van der Waals surface area (Å²) in [5.41, 5.74) is -0.122. The van der Waals surface area contributed by atoms with Gasteiger partial charge in [-0.25, -0.2) is 22.1 Å². The molecule has 3 aromatic rings. The highest BCUT2D eigenvalue weighted by atomic mass is 32.2. The minimum Gasteiger partial charge on any atom is -0.285 e. The lowest BCUT2D eigenvalue weighted by Gasteiger charge is -2.12. The van der Waals surface area contributed by atoms with Gasteiger partial charge in [0.15, 0.2) is 5.82 Å². The fourth-order valence-electron chi connectivity index (χ4n) is 2.92.